The first-order valence-corrected chi connectivity index (χ1v) is 4.11. The smallest absolute Gasteiger partial charge is 0.325 e. The molecule has 11 heavy (non-hydrogen) atoms. The molecule has 3 atom stereocenters. The Morgan fingerprint density at radius 2 is 2.36 bits per heavy atom. The number of alkyl halides is 1. The van der Waals surface area contributed by atoms with E-state index in [4.69, 9.17) is 16.7 Å². The lowest BCUT2D eigenvalue weighted by Crippen LogP contribution is -2.36. The lowest BCUT2D eigenvalue weighted by atomic mass is 9.93. The number of carboxylic acid groups (broad SMARTS) is 1. The van der Waals surface area contributed by atoms with Gasteiger partial charge < -0.3 is 5.11 Å². The summed E-state index contributed by atoms with van der Waals surface area (Å²) in [5.41, 5.74) is 0. The summed E-state index contributed by atoms with van der Waals surface area (Å²) in [6.07, 6.45) is 5.55. The van der Waals surface area contributed by atoms with Crippen molar-refractivity contribution in [2.45, 2.75) is 17.7 Å². The maximum atomic E-state index is 10.7. The van der Waals surface area contributed by atoms with Crippen molar-refractivity contribution in [3.63, 3.8) is 0 Å². The van der Waals surface area contributed by atoms with Gasteiger partial charge in [0.05, 0.1) is 0 Å². The lowest BCUT2D eigenvalue weighted by molar-refractivity contribution is -0.140. The fourth-order valence-corrected chi connectivity index (χ4v) is 2.40. The van der Waals surface area contributed by atoms with Crippen molar-refractivity contribution in [2.75, 3.05) is 0 Å². The standard InChI is InChI=1S/C8H9ClO2/c9-8(7(10)11)4-5-1-2-6(8)3-5/h1-2,5-6H,3-4H2,(H,10,11)/t5-,6+,8?/m0/s1. The van der Waals surface area contributed by atoms with Gasteiger partial charge in [-0.3, -0.25) is 4.79 Å². The van der Waals surface area contributed by atoms with Gasteiger partial charge in [-0.2, -0.15) is 0 Å². The maximum Gasteiger partial charge on any atom is 0.325 e. The van der Waals surface area contributed by atoms with Crippen LogP contribution in [-0.4, -0.2) is 16.0 Å². The second kappa shape index (κ2) is 2.01. The van der Waals surface area contributed by atoms with Gasteiger partial charge in [-0.25, -0.2) is 0 Å². The predicted octanol–water partition coefficient (Wildman–Crippen LogP) is 1.64. The molecule has 2 aliphatic carbocycles. The predicted molar refractivity (Wildman–Crippen MR) is 41.6 cm³/mol. The number of allylic oxidation sites excluding steroid dienone is 2. The molecule has 1 fully saturated rings. The molecule has 1 saturated carbocycles. The molecular weight excluding hydrogens is 164 g/mol. The first-order chi connectivity index (χ1) is 5.13. The molecule has 1 unspecified atom stereocenters. The van der Waals surface area contributed by atoms with Crippen LogP contribution in [0.15, 0.2) is 12.2 Å². The number of halogens is 1. The second-order valence-electron chi connectivity index (χ2n) is 3.36. The number of fused-ring (bicyclic) bond motifs is 2. The number of aliphatic carboxylic acids is 1. The molecule has 0 aromatic heterocycles. The summed E-state index contributed by atoms with van der Waals surface area (Å²) in [4.78, 5) is 9.76. The van der Waals surface area contributed by atoms with Crippen molar-refractivity contribution in [1.82, 2.24) is 0 Å². The highest BCUT2D eigenvalue weighted by molar-refractivity contribution is 6.34. The van der Waals surface area contributed by atoms with Crippen LogP contribution in [0.5, 0.6) is 0 Å². The van der Waals surface area contributed by atoms with E-state index < -0.39 is 10.8 Å². The molecule has 2 bridgehead atoms. The molecule has 0 aromatic rings. The zero-order valence-electron chi connectivity index (χ0n) is 5.96. The molecule has 3 heteroatoms. The Hall–Kier alpha value is -0.500. The maximum absolute atomic E-state index is 10.7. The fraction of sp³-hybridized carbons (Fsp3) is 0.625. The number of rotatable bonds is 1. The normalized spacial score (nSPS) is 46.6. The van der Waals surface area contributed by atoms with Crippen LogP contribution < -0.4 is 0 Å². The van der Waals surface area contributed by atoms with Gasteiger partial charge in [-0.05, 0) is 18.8 Å². The Morgan fingerprint density at radius 3 is 2.64 bits per heavy atom. The van der Waals surface area contributed by atoms with Crippen molar-refractivity contribution in [3.8, 4) is 0 Å². The van der Waals surface area contributed by atoms with Crippen LogP contribution in [0, 0.1) is 11.8 Å². The topological polar surface area (TPSA) is 37.3 Å². The van der Waals surface area contributed by atoms with E-state index in [9.17, 15) is 4.79 Å². The van der Waals surface area contributed by atoms with E-state index in [-0.39, 0.29) is 5.92 Å². The average Bonchev–Trinajstić information content (AvgIpc) is 2.45. The highest BCUT2D eigenvalue weighted by atomic mass is 35.5. The van der Waals surface area contributed by atoms with Gasteiger partial charge in [0.15, 0.2) is 0 Å². The summed E-state index contributed by atoms with van der Waals surface area (Å²) in [6.45, 7) is 0. The Labute approximate surface area is 69.9 Å². The Bertz CT molecular complexity index is 236. The average molecular weight is 173 g/mol. The summed E-state index contributed by atoms with van der Waals surface area (Å²) < 4.78 is 0. The molecular formula is C8H9ClO2. The third-order valence-electron chi connectivity index (χ3n) is 2.67. The molecule has 0 spiro atoms. The third kappa shape index (κ3) is 0.822. The number of carbonyl (C=O) groups is 1. The van der Waals surface area contributed by atoms with E-state index in [0.717, 1.165) is 6.42 Å². The summed E-state index contributed by atoms with van der Waals surface area (Å²) in [5.74, 6) is -0.392. The first kappa shape index (κ1) is 7.17. The minimum absolute atomic E-state index is 0.0617. The summed E-state index contributed by atoms with van der Waals surface area (Å²) in [7, 11) is 0. The van der Waals surface area contributed by atoms with Crippen LogP contribution in [0.25, 0.3) is 0 Å². The molecule has 0 saturated heterocycles. The van der Waals surface area contributed by atoms with E-state index in [1.54, 1.807) is 0 Å². The van der Waals surface area contributed by atoms with E-state index >= 15 is 0 Å². The first-order valence-electron chi connectivity index (χ1n) is 3.73. The summed E-state index contributed by atoms with van der Waals surface area (Å²) in [5, 5.41) is 8.83. The van der Waals surface area contributed by atoms with Crippen LogP contribution in [0.1, 0.15) is 12.8 Å². The van der Waals surface area contributed by atoms with Crippen LogP contribution in [0.2, 0.25) is 0 Å². The Morgan fingerprint density at radius 1 is 1.64 bits per heavy atom. The lowest BCUT2D eigenvalue weighted by Gasteiger charge is -2.22. The van der Waals surface area contributed by atoms with Gasteiger partial charge >= 0.3 is 5.97 Å². The van der Waals surface area contributed by atoms with Crippen LogP contribution >= 0.6 is 11.6 Å². The molecule has 2 rings (SSSR count). The molecule has 0 radical (unpaired) electrons. The van der Waals surface area contributed by atoms with Gasteiger partial charge in [0.1, 0.15) is 4.87 Å². The Balaban J connectivity index is 2.30. The van der Waals surface area contributed by atoms with Crippen molar-refractivity contribution in [2.24, 2.45) is 11.8 Å². The summed E-state index contributed by atoms with van der Waals surface area (Å²) >= 11 is 5.95. The van der Waals surface area contributed by atoms with E-state index in [1.807, 2.05) is 6.08 Å². The number of carboxylic acids is 1. The van der Waals surface area contributed by atoms with Crippen molar-refractivity contribution in [1.29, 1.82) is 0 Å². The molecule has 1 N–H and O–H groups in total. The van der Waals surface area contributed by atoms with Crippen LogP contribution in [0.3, 0.4) is 0 Å². The highest BCUT2D eigenvalue weighted by Gasteiger charge is 2.52. The van der Waals surface area contributed by atoms with Gasteiger partial charge in [0, 0.05) is 5.92 Å². The number of hydrogen-bond acceptors (Lipinski definition) is 1. The zero-order valence-corrected chi connectivity index (χ0v) is 6.71. The van der Waals surface area contributed by atoms with Crippen molar-refractivity contribution in [3.05, 3.63) is 12.2 Å². The van der Waals surface area contributed by atoms with Crippen molar-refractivity contribution < 1.29 is 9.90 Å². The minimum Gasteiger partial charge on any atom is -0.480 e. The van der Waals surface area contributed by atoms with Crippen LogP contribution in [0.4, 0.5) is 0 Å². The highest BCUT2D eigenvalue weighted by Crippen LogP contribution is 2.50. The van der Waals surface area contributed by atoms with Gasteiger partial charge in [0.2, 0.25) is 0 Å². The monoisotopic (exact) mass is 172 g/mol. The summed E-state index contributed by atoms with van der Waals surface area (Å²) in [6, 6.07) is 0. The minimum atomic E-state index is -0.987. The van der Waals surface area contributed by atoms with Gasteiger partial charge in [-0.15, -0.1) is 11.6 Å². The molecule has 0 heterocycles. The molecule has 2 aliphatic rings. The van der Waals surface area contributed by atoms with Gasteiger partial charge in [0.25, 0.3) is 0 Å². The van der Waals surface area contributed by atoms with E-state index in [2.05, 4.69) is 6.08 Å². The van der Waals surface area contributed by atoms with Crippen molar-refractivity contribution >= 4 is 17.6 Å². The quantitative estimate of drug-likeness (QED) is 0.482. The molecule has 0 aromatic carbocycles. The largest absolute Gasteiger partial charge is 0.480 e. The fourth-order valence-electron chi connectivity index (χ4n) is 2.04. The van der Waals surface area contributed by atoms with Gasteiger partial charge in [-0.1, -0.05) is 12.2 Å². The Kier molecular flexibility index (Phi) is 1.31. The molecule has 60 valence electrons. The third-order valence-corrected chi connectivity index (χ3v) is 3.27. The number of hydrogen-bond donors (Lipinski definition) is 1. The zero-order chi connectivity index (χ0) is 8.06. The SMILES string of the molecule is O=C(O)C1(Cl)C[C@H]2C=C[C@@H]1C2. The molecule has 0 amide bonds. The molecule has 2 nitrogen and oxygen atoms in total. The second-order valence-corrected chi connectivity index (χ2v) is 4.03. The van der Waals surface area contributed by atoms with E-state index in [1.165, 1.54) is 0 Å². The molecule has 0 aliphatic heterocycles. The van der Waals surface area contributed by atoms with E-state index in [0.29, 0.717) is 12.3 Å². The van der Waals surface area contributed by atoms with Crippen LogP contribution in [-0.2, 0) is 4.79 Å².